The second-order valence-electron chi connectivity index (χ2n) is 3.70. The number of aryl methyl sites for hydroxylation is 1. The van der Waals surface area contributed by atoms with Crippen molar-refractivity contribution in [1.29, 1.82) is 0 Å². The summed E-state index contributed by atoms with van der Waals surface area (Å²) in [6.07, 6.45) is 2.97. The lowest BCUT2D eigenvalue weighted by Gasteiger charge is -2.04. The van der Waals surface area contributed by atoms with Crippen molar-refractivity contribution in [1.82, 2.24) is 9.55 Å². The second kappa shape index (κ2) is 4.67. The Labute approximate surface area is 103 Å². The van der Waals surface area contributed by atoms with Gasteiger partial charge in [0.1, 0.15) is 11.5 Å². The van der Waals surface area contributed by atoms with Gasteiger partial charge in [-0.05, 0) is 11.6 Å². The Morgan fingerprint density at radius 2 is 2.29 bits per heavy atom. The molecule has 0 unspecified atom stereocenters. The van der Waals surface area contributed by atoms with Crippen molar-refractivity contribution in [3.8, 4) is 0 Å². The molecular weight excluding hydrogens is 243 g/mol. The molecule has 0 fully saturated rings. The number of ketones is 1. The summed E-state index contributed by atoms with van der Waals surface area (Å²) in [5, 5.41) is 0.0281. The minimum absolute atomic E-state index is 0.0219. The van der Waals surface area contributed by atoms with Gasteiger partial charge < -0.3 is 4.57 Å². The highest BCUT2D eigenvalue weighted by atomic mass is 35.5. The first-order chi connectivity index (χ1) is 8.09. The molecule has 5 heteroatoms. The Morgan fingerprint density at radius 1 is 1.53 bits per heavy atom. The molecule has 0 spiro atoms. The topological polar surface area (TPSA) is 34.9 Å². The van der Waals surface area contributed by atoms with Gasteiger partial charge in [-0.1, -0.05) is 23.7 Å². The molecule has 0 radical (unpaired) electrons. The zero-order chi connectivity index (χ0) is 12.4. The SMILES string of the molecule is Cn1cncc1C(=O)Cc1cccc(Cl)c1F. The van der Waals surface area contributed by atoms with Gasteiger partial charge in [0, 0.05) is 13.5 Å². The lowest BCUT2D eigenvalue weighted by Crippen LogP contribution is -2.09. The van der Waals surface area contributed by atoms with Crippen LogP contribution in [-0.2, 0) is 13.5 Å². The molecule has 1 aromatic carbocycles. The van der Waals surface area contributed by atoms with Crippen LogP contribution in [0.5, 0.6) is 0 Å². The summed E-state index contributed by atoms with van der Waals surface area (Å²) in [6.45, 7) is 0. The van der Waals surface area contributed by atoms with Gasteiger partial charge in [0.15, 0.2) is 5.78 Å². The van der Waals surface area contributed by atoms with Crippen molar-refractivity contribution < 1.29 is 9.18 Å². The Morgan fingerprint density at radius 3 is 2.94 bits per heavy atom. The number of rotatable bonds is 3. The second-order valence-corrected chi connectivity index (χ2v) is 4.11. The summed E-state index contributed by atoms with van der Waals surface area (Å²) >= 11 is 5.65. The van der Waals surface area contributed by atoms with E-state index in [0.717, 1.165) is 0 Å². The maximum absolute atomic E-state index is 13.6. The molecule has 1 aromatic heterocycles. The van der Waals surface area contributed by atoms with Crippen molar-refractivity contribution in [3.63, 3.8) is 0 Å². The molecule has 0 bridgehead atoms. The van der Waals surface area contributed by atoms with Crippen LogP contribution >= 0.6 is 11.6 Å². The number of benzene rings is 1. The number of nitrogens with zero attached hydrogens (tertiary/aromatic N) is 2. The number of carbonyl (C=O) groups excluding carboxylic acids is 1. The third-order valence-electron chi connectivity index (χ3n) is 2.48. The molecule has 1 heterocycles. The molecule has 2 aromatic rings. The van der Waals surface area contributed by atoms with E-state index in [1.54, 1.807) is 23.7 Å². The predicted octanol–water partition coefficient (Wildman–Crippen LogP) is 2.64. The average molecular weight is 253 g/mol. The molecule has 2 rings (SSSR count). The third kappa shape index (κ3) is 2.36. The smallest absolute Gasteiger partial charge is 0.185 e. The van der Waals surface area contributed by atoms with Crippen LogP contribution in [0.15, 0.2) is 30.7 Å². The predicted molar refractivity (Wildman–Crippen MR) is 62.7 cm³/mol. The zero-order valence-corrected chi connectivity index (χ0v) is 9.91. The summed E-state index contributed by atoms with van der Waals surface area (Å²) in [6, 6.07) is 4.63. The minimum Gasteiger partial charge on any atom is -0.331 e. The summed E-state index contributed by atoms with van der Waals surface area (Å²) in [5.41, 5.74) is 0.744. The fraction of sp³-hybridized carbons (Fsp3) is 0.167. The van der Waals surface area contributed by atoms with Crippen molar-refractivity contribution in [3.05, 3.63) is 52.8 Å². The van der Waals surface area contributed by atoms with E-state index in [4.69, 9.17) is 11.6 Å². The molecular formula is C12H10ClFN2O. The molecule has 0 saturated carbocycles. The molecule has 88 valence electrons. The Balaban J connectivity index is 2.25. The van der Waals surface area contributed by atoms with Crippen molar-refractivity contribution in [2.45, 2.75) is 6.42 Å². The zero-order valence-electron chi connectivity index (χ0n) is 9.15. The van der Waals surface area contributed by atoms with Crippen LogP contribution in [-0.4, -0.2) is 15.3 Å². The average Bonchev–Trinajstić information content (AvgIpc) is 2.71. The van der Waals surface area contributed by atoms with E-state index in [9.17, 15) is 9.18 Å². The van der Waals surface area contributed by atoms with Gasteiger partial charge in [-0.25, -0.2) is 9.37 Å². The van der Waals surface area contributed by atoms with Gasteiger partial charge >= 0.3 is 0 Å². The first-order valence-corrected chi connectivity index (χ1v) is 5.40. The summed E-state index contributed by atoms with van der Waals surface area (Å²) in [7, 11) is 1.72. The van der Waals surface area contributed by atoms with Crippen molar-refractivity contribution in [2.24, 2.45) is 7.05 Å². The van der Waals surface area contributed by atoms with Gasteiger partial charge in [-0.2, -0.15) is 0 Å². The largest absolute Gasteiger partial charge is 0.331 e. The quantitative estimate of drug-likeness (QED) is 0.787. The third-order valence-corrected chi connectivity index (χ3v) is 2.78. The fourth-order valence-corrected chi connectivity index (χ4v) is 1.77. The number of aromatic nitrogens is 2. The Bertz CT molecular complexity index is 565. The molecule has 17 heavy (non-hydrogen) atoms. The van der Waals surface area contributed by atoms with Crippen LogP contribution in [0.25, 0.3) is 0 Å². The van der Waals surface area contributed by atoms with Gasteiger partial charge in [0.05, 0.1) is 17.5 Å². The van der Waals surface area contributed by atoms with Crippen molar-refractivity contribution in [2.75, 3.05) is 0 Å². The van der Waals surface area contributed by atoms with E-state index in [1.165, 1.54) is 18.6 Å². The number of hydrogen-bond acceptors (Lipinski definition) is 2. The van der Waals surface area contributed by atoms with Crippen LogP contribution in [0.4, 0.5) is 4.39 Å². The van der Waals surface area contributed by atoms with Crippen molar-refractivity contribution >= 4 is 17.4 Å². The highest BCUT2D eigenvalue weighted by molar-refractivity contribution is 6.30. The number of imidazole rings is 1. The Hall–Kier alpha value is -1.68. The van der Waals surface area contributed by atoms with E-state index in [1.807, 2.05) is 0 Å². The highest BCUT2D eigenvalue weighted by Crippen LogP contribution is 2.19. The van der Waals surface area contributed by atoms with Crippen LogP contribution in [0.1, 0.15) is 16.1 Å². The monoisotopic (exact) mass is 252 g/mol. The number of carbonyl (C=O) groups is 1. The lowest BCUT2D eigenvalue weighted by molar-refractivity contribution is 0.0984. The fourth-order valence-electron chi connectivity index (χ4n) is 1.57. The van der Waals surface area contributed by atoms with Crippen LogP contribution in [0.2, 0.25) is 5.02 Å². The molecule has 0 amide bonds. The van der Waals surface area contributed by atoms with Gasteiger partial charge in [-0.3, -0.25) is 4.79 Å². The first-order valence-electron chi connectivity index (χ1n) is 5.02. The minimum atomic E-state index is -0.537. The first kappa shape index (κ1) is 11.8. The summed E-state index contributed by atoms with van der Waals surface area (Å²) in [4.78, 5) is 15.7. The summed E-state index contributed by atoms with van der Waals surface area (Å²) in [5.74, 6) is -0.726. The van der Waals surface area contributed by atoms with Crippen LogP contribution in [0, 0.1) is 5.82 Å². The van der Waals surface area contributed by atoms with Gasteiger partial charge in [-0.15, -0.1) is 0 Å². The normalized spacial score (nSPS) is 10.5. The number of Topliss-reactive ketones (excluding diaryl/α,β-unsaturated/α-hetero) is 1. The lowest BCUT2D eigenvalue weighted by atomic mass is 10.1. The standard InChI is InChI=1S/C12H10ClFN2O/c1-16-7-15-6-10(16)11(17)5-8-3-2-4-9(13)12(8)14/h2-4,6-7H,5H2,1H3. The molecule has 0 aliphatic heterocycles. The molecule has 0 aliphatic rings. The maximum Gasteiger partial charge on any atom is 0.185 e. The molecule has 0 saturated heterocycles. The number of halogens is 2. The van der Waals surface area contributed by atoms with Crippen LogP contribution in [0.3, 0.4) is 0 Å². The van der Waals surface area contributed by atoms with E-state index in [-0.39, 0.29) is 17.2 Å². The number of hydrogen-bond donors (Lipinski definition) is 0. The molecule has 0 N–H and O–H groups in total. The molecule has 0 atom stereocenters. The van der Waals surface area contributed by atoms with Gasteiger partial charge in [0.2, 0.25) is 0 Å². The molecule has 3 nitrogen and oxygen atoms in total. The summed E-state index contributed by atoms with van der Waals surface area (Å²) < 4.78 is 15.2. The maximum atomic E-state index is 13.6. The Kier molecular flexibility index (Phi) is 3.24. The van der Waals surface area contributed by atoms with E-state index >= 15 is 0 Å². The highest BCUT2D eigenvalue weighted by Gasteiger charge is 2.14. The van der Waals surface area contributed by atoms with E-state index < -0.39 is 5.82 Å². The van der Waals surface area contributed by atoms with E-state index in [2.05, 4.69) is 4.98 Å². The van der Waals surface area contributed by atoms with E-state index in [0.29, 0.717) is 11.3 Å². The van der Waals surface area contributed by atoms with Gasteiger partial charge in [0.25, 0.3) is 0 Å². The van der Waals surface area contributed by atoms with Crippen LogP contribution < -0.4 is 0 Å². The molecule has 0 aliphatic carbocycles.